The van der Waals surface area contributed by atoms with Crippen LogP contribution in [0.1, 0.15) is 31.7 Å². The molecule has 0 aliphatic carbocycles. The molecule has 0 radical (unpaired) electrons. The Morgan fingerprint density at radius 1 is 1.57 bits per heavy atom. The number of nitrogen functional groups attached to an aromatic ring is 1. The highest BCUT2D eigenvalue weighted by Crippen LogP contribution is 2.34. The van der Waals surface area contributed by atoms with Gasteiger partial charge in [-0.05, 0) is 31.6 Å². The van der Waals surface area contributed by atoms with Crippen molar-refractivity contribution in [2.75, 3.05) is 32.2 Å². The van der Waals surface area contributed by atoms with Gasteiger partial charge in [-0.15, -0.1) is 6.42 Å². The lowest BCUT2D eigenvalue weighted by Crippen LogP contribution is -2.31. The Morgan fingerprint density at radius 3 is 3.00 bits per heavy atom. The fourth-order valence-corrected chi connectivity index (χ4v) is 3.70. The summed E-state index contributed by atoms with van der Waals surface area (Å²) in [5.74, 6) is 2.70. The van der Waals surface area contributed by atoms with Crippen molar-refractivity contribution in [3.05, 3.63) is 12.4 Å². The number of aliphatic hydroxyl groups excluding tert-OH is 1. The van der Waals surface area contributed by atoms with E-state index in [4.69, 9.17) is 22.0 Å². The first-order valence-electron chi connectivity index (χ1n) is 9.55. The Kier molecular flexibility index (Phi) is 6.69. The van der Waals surface area contributed by atoms with E-state index in [-0.39, 0.29) is 36.5 Å². The Hall–Kier alpha value is -2.97. The van der Waals surface area contributed by atoms with E-state index in [1.165, 1.54) is 6.33 Å². The van der Waals surface area contributed by atoms with Gasteiger partial charge in [-0.3, -0.25) is 0 Å². The molecule has 4 N–H and O–H groups in total. The average molecular weight is 421 g/mol. The minimum Gasteiger partial charge on any atom is -0.450 e. The Balaban J connectivity index is 1.88. The first-order chi connectivity index (χ1) is 14.4. The van der Waals surface area contributed by atoms with E-state index in [0.29, 0.717) is 31.6 Å². The topological polar surface area (TPSA) is 146 Å². The number of hydrogen-bond donors (Lipinski definition) is 3. The van der Waals surface area contributed by atoms with Gasteiger partial charge in [-0.25, -0.2) is 9.78 Å². The van der Waals surface area contributed by atoms with Crippen LogP contribution in [0, 0.1) is 29.8 Å². The number of nitrogens with zero attached hydrogens (tertiary/aromatic N) is 4. The number of halogens is 1. The quantitative estimate of drug-likeness (QED) is 0.312. The molecule has 10 nitrogen and oxygen atoms in total. The predicted molar refractivity (Wildman–Crippen MR) is 104 cm³/mol. The molecule has 2 aromatic rings. The van der Waals surface area contributed by atoms with Crippen LogP contribution in [0.3, 0.4) is 0 Å². The number of rotatable bonds is 9. The lowest BCUT2D eigenvalue weighted by molar-refractivity contribution is 0.0362. The van der Waals surface area contributed by atoms with E-state index in [0.717, 1.165) is 6.42 Å². The SMILES string of the molecule is C#C[C@@](CO)(CCC(C[C@H]1CCOC1)n1cnc2c(N)nc(F)nc21)COC(=O)O. The van der Waals surface area contributed by atoms with Crippen LogP contribution in [0.25, 0.3) is 11.2 Å². The number of carboxylic acid groups (broad SMARTS) is 1. The third kappa shape index (κ3) is 4.77. The molecule has 162 valence electrons. The van der Waals surface area contributed by atoms with Crippen LogP contribution >= 0.6 is 0 Å². The first kappa shape index (κ1) is 21.7. The van der Waals surface area contributed by atoms with Crippen LogP contribution in [0.4, 0.5) is 15.0 Å². The lowest BCUT2D eigenvalue weighted by atomic mass is 9.83. The van der Waals surface area contributed by atoms with Crippen LogP contribution < -0.4 is 5.73 Å². The molecule has 1 aliphatic rings. The summed E-state index contributed by atoms with van der Waals surface area (Å²) in [4.78, 5) is 22.4. The van der Waals surface area contributed by atoms with Gasteiger partial charge in [0.05, 0.1) is 18.3 Å². The highest BCUT2D eigenvalue weighted by molar-refractivity contribution is 5.81. The van der Waals surface area contributed by atoms with Crippen LogP contribution in [0.5, 0.6) is 0 Å². The number of anilines is 1. The minimum atomic E-state index is -1.47. The van der Waals surface area contributed by atoms with Gasteiger partial charge in [-0.2, -0.15) is 14.4 Å². The number of carbonyl (C=O) groups is 1. The molecule has 1 unspecified atom stereocenters. The van der Waals surface area contributed by atoms with E-state index < -0.39 is 24.3 Å². The molecule has 0 saturated carbocycles. The van der Waals surface area contributed by atoms with Crippen LogP contribution in [-0.2, 0) is 9.47 Å². The minimum absolute atomic E-state index is 0.0533. The molecular formula is C19H24FN5O5. The standard InChI is InChI=1S/C19H24FN5O5/c1-2-19(9-26,10-30-18(27)28)5-3-13(7-12-4-6-29-8-12)25-11-22-14-15(21)23-17(20)24-16(14)25/h1,11-13,26H,3-10H2,(H,27,28)(H2,21,23,24)/t12-,13?,19+/m1/s1. The predicted octanol–water partition coefficient (Wildman–Crippen LogP) is 1.60. The van der Waals surface area contributed by atoms with Crippen molar-refractivity contribution in [2.45, 2.75) is 31.7 Å². The van der Waals surface area contributed by atoms with Gasteiger partial charge >= 0.3 is 12.2 Å². The maximum absolute atomic E-state index is 13.8. The van der Waals surface area contributed by atoms with E-state index in [1.807, 2.05) is 0 Å². The van der Waals surface area contributed by atoms with Crippen LogP contribution in [-0.4, -0.2) is 62.3 Å². The normalized spacial score (nSPS) is 19.3. The summed E-state index contributed by atoms with van der Waals surface area (Å²) in [5.41, 5.74) is 5.16. The number of imidazole rings is 1. The molecule has 0 aromatic carbocycles. The molecule has 0 amide bonds. The van der Waals surface area contributed by atoms with E-state index in [9.17, 15) is 14.3 Å². The van der Waals surface area contributed by atoms with Crippen molar-refractivity contribution < 1.29 is 28.9 Å². The monoisotopic (exact) mass is 421 g/mol. The molecule has 3 rings (SSSR count). The first-order valence-corrected chi connectivity index (χ1v) is 9.55. The second kappa shape index (κ2) is 9.23. The van der Waals surface area contributed by atoms with Crippen LogP contribution in [0.2, 0.25) is 0 Å². The molecule has 30 heavy (non-hydrogen) atoms. The molecular weight excluding hydrogens is 397 g/mol. The zero-order chi connectivity index (χ0) is 21.7. The average Bonchev–Trinajstić information content (AvgIpc) is 3.37. The number of terminal acetylenes is 1. The zero-order valence-electron chi connectivity index (χ0n) is 16.3. The Morgan fingerprint density at radius 2 is 2.37 bits per heavy atom. The summed E-state index contributed by atoms with van der Waals surface area (Å²) in [6.07, 6.45) is 6.99. The number of fused-ring (bicyclic) bond motifs is 1. The third-order valence-corrected chi connectivity index (χ3v) is 5.48. The van der Waals surface area contributed by atoms with Crippen LogP contribution in [0.15, 0.2) is 6.33 Å². The molecule has 1 fully saturated rings. The molecule has 2 aromatic heterocycles. The number of aliphatic hydroxyl groups is 1. The number of hydrogen-bond acceptors (Lipinski definition) is 8. The molecule has 1 aliphatic heterocycles. The number of ether oxygens (including phenoxy) is 2. The van der Waals surface area contributed by atoms with E-state index in [2.05, 4.69) is 25.6 Å². The van der Waals surface area contributed by atoms with Crippen molar-refractivity contribution in [3.63, 3.8) is 0 Å². The summed E-state index contributed by atoms with van der Waals surface area (Å²) in [7, 11) is 0. The highest BCUT2D eigenvalue weighted by Gasteiger charge is 2.32. The fourth-order valence-electron chi connectivity index (χ4n) is 3.70. The summed E-state index contributed by atoms with van der Waals surface area (Å²) < 4.78 is 25.6. The Labute approximate surface area is 172 Å². The van der Waals surface area contributed by atoms with Gasteiger partial charge in [0.25, 0.3) is 0 Å². The van der Waals surface area contributed by atoms with Crippen molar-refractivity contribution >= 4 is 23.1 Å². The molecule has 1 saturated heterocycles. The molecule has 0 bridgehead atoms. The third-order valence-electron chi connectivity index (χ3n) is 5.48. The highest BCUT2D eigenvalue weighted by atomic mass is 19.1. The Bertz CT molecular complexity index is 939. The van der Waals surface area contributed by atoms with Gasteiger partial charge in [0.15, 0.2) is 11.5 Å². The lowest BCUT2D eigenvalue weighted by Gasteiger charge is -2.29. The van der Waals surface area contributed by atoms with E-state index >= 15 is 0 Å². The molecule has 0 spiro atoms. The van der Waals surface area contributed by atoms with Gasteiger partial charge < -0.3 is 30.0 Å². The van der Waals surface area contributed by atoms with Gasteiger partial charge in [0.1, 0.15) is 12.1 Å². The van der Waals surface area contributed by atoms with Gasteiger partial charge in [0.2, 0.25) is 0 Å². The fraction of sp³-hybridized carbons (Fsp3) is 0.579. The van der Waals surface area contributed by atoms with Crippen molar-refractivity contribution in [2.24, 2.45) is 11.3 Å². The van der Waals surface area contributed by atoms with Crippen molar-refractivity contribution in [3.8, 4) is 12.3 Å². The van der Waals surface area contributed by atoms with Crippen molar-refractivity contribution in [1.82, 2.24) is 19.5 Å². The number of aromatic nitrogens is 4. The molecule has 3 heterocycles. The molecule has 11 heteroatoms. The second-order valence-electron chi connectivity index (χ2n) is 7.50. The van der Waals surface area contributed by atoms with Gasteiger partial charge in [-0.1, -0.05) is 5.92 Å². The smallest absolute Gasteiger partial charge is 0.450 e. The van der Waals surface area contributed by atoms with E-state index in [1.54, 1.807) is 4.57 Å². The summed E-state index contributed by atoms with van der Waals surface area (Å²) >= 11 is 0. The largest absolute Gasteiger partial charge is 0.505 e. The molecule has 3 atom stereocenters. The second-order valence-corrected chi connectivity index (χ2v) is 7.50. The summed E-state index contributed by atoms with van der Waals surface area (Å²) in [5, 5.41) is 18.6. The zero-order valence-corrected chi connectivity index (χ0v) is 16.3. The summed E-state index contributed by atoms with van der Waals surface area (Å²) in [6, 6.07) is -0.209. The summed E-state index contributed by atoms with van der Waals surface area (Å²) in [6.45, 7) is 0.508. The van der Waals surface area contributed by atoms with Gasteiger partial charge in [0, 0.05) is 19.3 Å². The maximum atomic E-state index is 13.8. The maximum Gasteiger partial charge on any atom is 0.505 e. The van der Waals surface area contributed by atoms with Crippen molar-refractivity contribution in [1.29, 1.82) is 0 Å². The number of nitrogens with two attached hydrogens (primary N) is 1.